The molecule has 6 nitrogen and oxygen atoms in total. The molecular weight excluding hydrogens is 420 g/mol. The Balaban J connectivity index is 2.11. The van der Waals surface area contributed by atoms with Gasteiger partial charge >= 0.3 is 11.9 Å². The molecule has 0 aromatic rings. The van der Waals surface area contributed by atoms with E-state index in [1.54, 1.807) is 6.08 Å². The smallest absolute Gasteiger partial charge is 0.308 e. The van der Waals surface area contributed by atoms with Crippen LogP contribution in [0.15, 0.2) is 12.7 Å². The summed E-state index contributed by atoms with van der Waals surface area (Å²) in [5, 5.41) is 0. The minimum atomic E-state index is -0.988. The molecule has 1 saturated heterocycles. The number of carbonyl (C=O) groups excluding carboxylic acids is 3. The molecule has 0 amide bonds. The zero-order chi connectivity index (χ0) is 25.0. The van der Waals surface area contributed by atoms with Crippen molar-refractivity contribution in [3.05, 3.63) is 12.7 Å². The van der Waals surface area contributed by atoms with Gasteiger partial charge in [0.2, 0.25) is 0 Å². The Morgan fingerprint density at radius 1 is 1.15 bits per heavy atom. The van der Waals surface area contributed by atoms with Crippen LogP contribution in [0.2, 0.25) is 0 Å². The van der Waals surface area contributed by atoms with Crippen LogP contribution >= 0.6 is 0 Å². The van der Waals surface area contributed by atoms with Crippen LogP contribution in [-0.4, -0.2) is 41.1 Å². The zero-order valence-electron chi connectivity index (χ0n) is 21.7. The minimum absolute atomic E-state index is 0.0614. The lowest BCUT2D eigenvalue weighted by molar-refractivity contribution is -0.275. The number of esters is 2. The predicted octanol–water partition coefficient (Wildman–Crippen LogP) is 5.03. The van der Waals surface area contributed by atoms with Crippen molar-refractivity contribution in [1.29, 1.82) is 0 Å². The first-order valence-corrected chi connectivity index (χ1v) is 12.4. The molecule has 2 saturated carbocycles. The second-order valence-electron chi connectivity index (χ2n) is 11.8. The zero-order valence-corrected chi connectivity index (χ0v) is 21.7. The van der Waals surface area contributed by atoms with Gasteiger partial charge in [0, 0.05) is 36.5 Å². The van der Waals surface area contributed by atoms with Crippen LogP contribution < -0.4 is 0 Å². The second kappa shape index (κ2) is 8.51. The summed E-state index contributed by atoms with van der Waals surface area (Å²) in [5.74, 6) is -1.02. The number of ketones is 1. The molecule has 33 heavy (non-hydrogen) atoms. The summed E-state index contributed by atoms with van der Waals surface area (Å²) in [6.45, 7) is 19.4. The van der Waals surface area contributed by atoms with Crippen LogP contribution in [0.3, 0.4) is 0 Å². The van der Waals surface area contributed by atoms with E-state index in [1.807, 2.05) is 27.7 Å². The molecule has 6 heteroatoms. The van der Waals surface area contributed by atoms with E-state index in [1.165, 1.54) is 6.92 Å². The fraction of sp³-hybridized carbons (Fsp3) is 0.815. The van der Waals surface area contributed by atoms with E-state index in [4.69, 9.17) is 14.2 Å². The molecule has 8 atom stereocenters. The number of Topliss-reactive ketones (excluding diaryl/α,β-unsaturated/α-hetero) is 1. The lowest BCUT2D eigenvalue weighted by Gasteiger charge is -2.66. The van der Waals surface area contributed by atoms with Gasteiger partial charge < -0.3 is 14.2 Å². The lowest BCUT2D eigenvalue weighted by atomic mass is 9.42. The number of carbonyl (C=O) groups is 3. The third-order valence-electron chi connectivity index (χ3n) is 9.35. The van der Waals surface area contributed by atoms with Gasteiger partial charge in [-0.2, -0.15) is 0 Å². The van der Waals surface area contributed by atoms with Crippen molar-refractivity contribution < 1.29 is 28.6 Å². The van der Waals surface area contributed by atoms with Crippen LogP contribution in [0.5, 0.6) is 0 Å². The molecule has 0 bridgehead atoms. The van der Waals surface area contributed by atoms with Gasteiger partial charge in [0.15, 0.2) is 5.78 Å². The van der Waals surface area contributed by atoms with E-state index < -0.39 is 34.2 Å². The maximum Gasteiger partial charge on any atom is 0.308 e. The van der Waals surface area contributed by atoms with E-state index in [2.05, 4.69) is 27.4 Å². The normalized spacial score (nSPS) is 43.0. The molecular formula is C27H42O6. The maximum absolute atomic E-state index is 13.7. The van der Waals surface area contributed by atoms with Gasteiger partial charge in [-0.25, -0.2) is 0 Å². The van der Waals surface area contributed by atoms with Gasteiger partial charge in [-0.15, -0.1) is 6.58 Å². The van der Waals surface area contributed by atoms with E-state index in [9.17, 15) is 14.4 Å². The third kappa shape index (κ3) is 4.06. The highest BCUT2D eigenvalue weighted by molar-refractivity contribution is 5.89. The summed E-state index contributed by atoms with van der Waals surface area (Å²) in [5.41, 5.74) is -2.53. The van der Waals surface area contributed by atoms with Crippen molar-refractivity contribution in [1.82, 2.24) is 0 Å². The minimum Gasteiger partial charge on any atom is -0.462 e. The molecule has 3 aliphatic rings. The second-order valence-corrected chi connectivity index (χ2v) is 11.8. The molecule has 0 aromatic heterocycles. The number of hydrogen-bond acceptors (Lipinski definition) is 6. The Bertz CT molecular complexity index is 832. The highest BCUT2D eigenvalue weighted by Crippen LogP contribution is 2.65. The molecule has 0 spiro atoms. The summed E-state index contributed by atoms with van der Waals surface area (Å²) in [7, 11) is 0. The first-order valence-electron chi connectivity index (χ1n) is 12.4. The van der Waals surface area contributed by atoms with E-state index >= 15 is 0 Å². The molecule has 0 N–H and O–H groups in total. The summed E-state index contributed by atoms with van der Waals surface area (Å²) < 4.78 is 18.5. The lowest BCUT2D eigenvalue weighted by Crippen LogP contribution is -2.72. The van der Waals surface area contributed by atoms with E-state index in [-0.39, 0.29) is 35.5 Å². The Morgan fingerprint density at radius 2 is 1.79 bits per heavy atom. The SMILES string of the molecule is C=C[C@]1(C)CC[C@H]2[C@@]3(C)[C@H](CC(=O)[C@]2(C)O1)C(C)(C)[C@@H](OC(C)=O)C[C@H]3OC(=O)[C@H](C)CC. The Hall–Kier alpha value is -1.69. The quantitative estimate of drug-likeness (QED) is 0.421. The van der Waals surface area contributed by atoms with Crippen molar-refractivity contribution in [2.75, 3.05) is 0 Å². The van der Waals surface area contributed by atoms with E-state index in [0.29, 0.717) is 19.3 Å². The molecule has 186 valence electrons. The highest BCUT2D eigenvalue weighted by atomic mass is 16.6. The van der Waals surface area contributed by atoms with Crippen LogP contribution in [0, 0.1) is 28.6 Å². The van der Waals surface area contributed by atoms with Crippen LogP contribution in [-0.2, 0) is 28.6 Å². The summed E-state index contributed by atoms with van der Waals surface area (Å²) in [6.07, 6.45) is 3.78. The highest BCUT2D eigenvalue weighted by Gasteiger charge is 2.70. The Morgan fingerprint density at radius 3 is 2.33 bits per heavy atom. The fourth-order valence-electron chi connectivity index (χ4n) is 6.95. The average Bonchev–Trinajstić information content (AvgIpc) is 2.72. The van der Waals surface area contributed by atoms with Gasteiger partial charge in [0.1, 0.15) is 17.8 Å². The van der Waals surface area contributed by atoms with Gasteiger partial charge in [-0.1, -0.05) is 40.7 Å². The monoisotopic (exact) mass is 462 g/mol. The predicted molar refractivity (Wildman–Crippen MR) is 125 cm³/mol. The molecule has 0 unspecified atom stereocenters. The first-order chi connectivity index (χ1) is 15.2. The van der Waals surface area contributed by atoms with Gasteiger partial charge in [-0.3, -0.25) is 14.4 Å². The molecule has 0 aromatic carbocycles. The van der Waals surface area contributed by atoms with Crippen molar-refractivity contribution in [2.24, 2.45) is 28.6 Å². The van der Waals surface area contributed by atoms with Crippen molar-refractivity contribution >= 4 is 17.7 Å². The van der Waals surface area contributed by atoms with Gasteiger partial charge in [0.05, 0.1) is 11.5 Å². The van der Waals surface area contributed by atoms with Gasteiger partial charge in [0.25, 0.3) is 0 Å². The summed E-state index contributed by atoms with van der Waals surface area (Å²) in [4.78, 5) is 38.6. The standard InChI is InChI=1S/C27H42O6/c1-10-16(3)23(30)32-22-15-21(31-17(4)28)24(5,6)19-14-20(29)27(9)18(26(19,22)8)12-13-25(7,11-2)33-27/h11,16,18-19,21-22H,2,10,12-15H2,1,3-9H3/t16-,18+,19-,21+,22-,25-,26+,27-/m1/s1. The fourth-order valence-corrected chi connectivity index (χ4v) is 6.95. The van der Waals surface area contributed by atoms with Crippen LogP contribution in [0.4, 0.5) is 0 Å². The van der Waals surface area contributed by atoms with Crippen LogP contribution in [0.1, 0.15) is 87.5 Å². The van der Waals surface area contributed by atoms with Crippen molar-refractivity contribution in [3.63, 3.8) is 0 Å². The number of ether oxygens (including phenoxy) is 3. The topological polar surface area (TPSA) is 78.9 Å². The number of hydrogen-bond donors (Lipinski definition) is 0. The first kappa shape index (κ1) is 25.9. The Labute approximate surface area is 198 Å². The average molecular weight is 463 g/mol. The van der Waals surface area contributed by atoms with Crippen molar-refractivity contribution in [2.45, 2.75) is 111 Å². The van der Waals surface area contributed by atoms with Crippen molar-refractivity contribution in [3.8, 4) is 0 Å². The molecule has 1 aliphatic heterocycles. The van der Waals surface area contributed by atoms with Gasteiger partial charge in [-0.05, 0) is 39.0 Å². The maximum atomic E-state index is 13.7. The van der Waals surface area contributed by atoms with Crippen LogP contribution in [0.25, 0.3) is 0 Å². The number of fused-ring (bicyclic) bond motifs is 3. The molecule has 0 radical (unpaired) electrons. The molecule has 2 aliphatic carbocycles. The summed E-state index contributed by atoms with van der Waals surface area (Å²) in [6, 6.07) is 0. The Kier molecular flexibility index (Phi) is 6.69. The third-order valence-corrected chi connectivity index (χ3v) is 9.35. The van der Waals surface area contributed by atoms with E-state index in [0.717, 1.165) is 12.8 Å². The summed E-state index contributed by atoms with van der Waals surface area (Å²) >= 11 is 0. The molecule has 3 fully saturated rings. The molecule has 1 heterocycles. The number of rotatable bonds is 5. The largest absolute Gasteiger partial charge is 0.462 e. The molecule has 3 rings (SSSR count).